The van der Waals surface area contributed by atoms with Crippen molar-refractivity contribution in [1.29, 1.82) is 0 Å². The van der Waals surface area contributed by atoms with E-state index in [-0.39, 0.29) is 12.6 Å². The van der Waals surface area contributed by atoms with Crippen molar-refractivity contribution in [2.45, 2.75) is 26.8 Å². The van der Waals surface area contributed by atoms with Gasteiger partial charge < -0.3 is 10.0 Å². The first-order valence-corrected chi connectivity index (χ1v) is 5.54. The first-order valence-electron chi connectivity index (χ1n) is 5.17. The molecule has 0 saturated carbocycles. The molecule has 0 saturated heterocycles. The van der Waals surface area contributed by atoms with E-state index in [1.165, 1.54) is 0 Å². The number of hydrogen-bond donors (Lipinski definition) is 1. The lowest BCUT2D eigenvalue weighted by atomic mass is 10.1. The number of nitrogens with zero attached hydrogens (tertiary/aromatic N) is 1. The Morgan fingerprint density at radius 2 is 2.12 bits per heavy atom. The summed E-state index contributed by atoms with van der Waals surface area (Å²) in [5, 5.41) is 9.54. The molecular formula is C12H16ClNO2. The second-order valence-corrected chi connectivity index (χ2v) is 4.41. The first kappa shape index (κ1) is 12.8. The topological polar surface area (TPSA) is 40.5 Å². The Morgan fingerprint density at radius 3 is 2.62 bits per heavy atom. The number of rotatable bonds is 4. The van der Waals surface area contributed by atoms with Crippen LogP contribution in [0.5, 0.6) is 0 Å². The fourth-order valence-corrected chi connectivity index (χ4v) is 1.77. The van der Waals surface area contributed by atoms with Crippen LogP contribution in [0.25, 0.3) is 0 Å². The van der Waals surface area contributed by atoms with Crippen LogP contribution in [0.4, 0.5) is 5.69 Å². The fraction of sp³-hybridized carbons (Fsp3) is 0.417. The van der Waals surface area contributed by atoms with E-state index < -0.39 is 5.97 Å². The van der Waals surface area contributed by atoms with Gasteiger partial charge in [0.25, 0.3) is 0 Å². The van der Waals surface area contributed by atoms with Crippen molar-refractivity contribution >= 4 is 23.3 Å². The number of carboxylic acid groups (broad SMARTS) is 1. The molecule has 1 aromatic carbocycles. The molecule has 0 aliphatic carbocycles. The van der Waals surface area contributed by atoms with E-state index in [4.69, 9.17) is 16.7 Å². The van der Waals surface area contributed by atoms with Gasteiger partial charge in [0.15, 0.2) is 0 Å². The third kappa shape index (κ3) is 2.89. The standard InChI is InChI=1S/C12H16ClNO2/c1-8(2)14(7-12(15)16)11-6-4-5-10(13)9(11)3/h4-6,8H,7H2,1-3H3,(H,15,16). The van der Waals surface area contributed by atoms with Crippen molar-refractivity contribution in [3.8, 4) is 0 Å². The zero-order valence-electron chi connectivity index (χ0n) is 9.70. The van der Waals surface area contributed by atoms with Crippen LogP contribution in [0.15, 0.2) is 18.2 Å². The molecule has 0 aliphatic heterocycles. The second kappa shape index (κ2) is 5.21. The molecule has 0 bridgehead atoms. The third-order valence-corrected chi connectivity index (χ3v) is 2.89. The lowest BCUT2D eigenvalue weighted by Crippen LogP contribution is -2.36. The van der Waals surface area contributed by atoms with E-state index in [1.807, 2.05) is 37.8 Å². The average molecular weight is 242 g/mol. The minimum Gasteiger partial charge on any atom is -0.480 e. The molecule has 0 radical (unpaired) electrons. The number of anilines is 1. The summed E-state index contributed by atoms with van der Waals surface area (Å²) in [7, 11) is 0. The fourth-order valence-electron chi connectivity index (χ4n) is 1.60. The Labute approximate surface area is 101 Å². The van der Waals surface area contributed by atoms with E-state index in [2.05, 4.69) is 0 Å². The summed E-state index contributed by atoms with van der Waals surface area (Å²) in [4.78, 5) is 12.6. The zero-order valence-corrected chi connectivity index (χ0v) is 10.5. The SMILES string of the molecule is Cc1c(Cl)cccc1N(CC(=O)O)C(C)C. The smallest absolute Gasteiger partial charge is 0.323 e. The van der Waals surface area contributed by atoms with Crippen LogP contribution in [0.1, 0.15) is 19.4 Å². The lowest BCUT2D eigenvalue weighted by Gasteiger charge is -2.29. The summed E-state index contributed by atoms with van der Waals surface area (Å²) in [5.74, 6) is -0.840. The predicted octanol–water partition coefficient (Wildman–Crippen LogP) is 2.95. The Kier molecular flexibility index (Phi) is 4.19. The van der Waals surface area contributed by atoms with Gasteiger partial charge in [-0.25, -0.2) is 0 Å². The number of carbonyl (C=O) groups is 1. The Bertz CT molecular complexity index is 391. The third-order valence-electron chi connectivity index (χ3n) is 2.48. The Hall–Kier alpha value is -1.22. The number of aliphatic carboxylic acids is 1. The molecule has 1 rings (SSSR count). The number of benzene rings is 1. The molecule has 0 spiro atoms. The average Bonchev–Trinajstić information content (AvgIpc) is 2.18. The molecular weight excluding hydrogens is 226 g/mol. The summed E-state index contributed by atoms with van der Waals surface area (Å²) < 4.78 is 0. The highest BCUT2D eigenvalue weighted by atomic mass is 35.5. The van der Waals surface area contributed by atoms with Gasteiger partial charge in [-0.05, 0) is 38.5 Å². The molecule has 0 atom stereocenters. The predicted molar refractivity (Wildman–Crippen MR) is 66.3 cm³/mol. The molecule has 0 aliphatic rings. The molecule has 3 nitrogen and oxygen atoms in total. The van der Waals surface area contributed by atoms with Crippen LogP contribution < -0.4 is 4.90 Å². The van der Waals surface area contributed by atoms with Crippen molar-refractivity contribution in [2.75, 3.05) is 11.4 Å². The van der Waals surface area contributed by atoms with E-state index in [0.29, 0.717) is 5.02 Å². The summed E-state index contributed by atoms with van der Waals surface area (Å²) in [6.07, 6.45) is 0. The molecule has 1 N–H and O–H groups in total. The molecule has 88 valence electrons. The van der Waals surface area contributed by atoms with Crippen molar-refractivity contribution in [2.24, 2.45) is 0 Å². The maximum absolute atomic E-state index is 10.8. The first-order chi connectivity index (χ1) is 7.43. The summed E-state index contributed by atoms with van der Waals surface area (Å²) in [6, 6.07) is 5.65. The second-order valence-electron chi connectivity index (χ2n) is 4.00. The van der Waals surface area contributed by atoms with Gasteiger partial charge in [0.1, 0.15) is 6.54 Å². The molecule has 16 heavy (non-hydrogen) atoms. The van der Waals surface area contributed by atoms with Gasteiger partial charge in [0.05, 0.1) is 0 Å². The van der Waals surface area contributed by atoms with E-state index in [0.717, 1.165) is 11.3 Å². The summed E-state index contributed by atoms with van der Waals surface area (Å²) >= 11 is 6.03. The number of hydrogen-bond acceptors (Lipinski definition) is 2. The van der Waals surface area contributed by atoms with Gasteiger partial charge in [-0.15, -0.1) is 0 Å². The number of carboxylic acids is 1. The van der Waals surface area contributed by atoms with Crippen LogP contribution >= 0.6 is 11.6 Å². The van der Waals surface area contributed by atoms with Crippen LogP contribution in [-0.4, -0.2) is 23.7 Å². The minimum absolute atomic E-state index is 0.0150. The summed E-state index contributed by atoms with van der Waals surface area (Å²) in [5.41, 5.74) is 1.80. The van der Waals surface area contributed by atoms with Crippen LogP contribution in [0, 0.1) is 6.92 Å². The van der Waals surface area contributed by atoms with Crippen molar-refractivity contribution in [3.63, 3.8) is 0 Å². The molecule has 0 fully saturated rings. The van der Waals surface area contributed by atoms with Crippen molar-refractivity contribution in [1.82, 2.24) is 0 Å². The van der Waals surface area contributed by atoms with Crippen molar-refractivity contribution < 1.29 is 9.90 Å². The monoisotopic (exact) mass is 241 g/mol. The zero-order chi connectivity index (χ0) is 12.3. The quantitative estimate of drug-likeness (QED) is 0.881. The van der Waals surface area contributed by atoms with Gasteiger partial charge in [0, 0.05) is 16.8 Å². The lowest BCUT2D eigenvalue weighted by molar-refractivity contribution is -0.135. The van der Waals surface area contributed by atoms with E-state index >= 15 is 0 Å². The maximum atomic E-state index is 10.8. The molecule has 4 heteroatoms. The van der Waals surface area contributed by atoms with Crippen LogP contribution in [0.3, 0.4) is 0 Å². The van der Waals surface area contributed by atoms with E-state index in [1.54, 1.807) is 6.07 Å². The molecule has 0 unspecified atom stereocenters. The highest BCUT2D eigenvalue weighted by Crippen LogP contribution is 2.27. The molecule has 0 heterocycles. The minimum atomic E-state index is -0.840. The van der Waals surface area contributed by atoms with Crippen LogP contribution in [-0.2, 0) is 4.79 Å². The van der Waals surface area contributed by atoms with E-state index in [9.17, 15) is 4.79 Å². The Balaban J connectivity index is 3.10. The highest BCUT2D eigenvalue weighted by molar-refractivity contribution is 6.31. The largest absolute Gasteiger partial charge is 0.480 e. The highest BCUT2D eigenvalue weighted by Gasteiger charge is 2.16. The van der Waals surface area contributed by atoms with Gasteiger partial charge >= 0.3 is 5.97 Å². The van der Waals surface area contributed by atoms with Gasteiger partial charge in [-0.2, -0.15) is 0 Å². The van der Waals surface area contributed by atoms with Gasteiger partial charge in [-0.1, -0.05) is 17.7 Å². The number of halogens is 1. The maximum Gasteiger partial charge on any atom is 0.323 e. The molecule has 0 aromatic heterocycles. The Morgan fingerprint density at radius 1 is 1.50 bits per heavy atom. The normalized spacial score (nSPS) is 10.6. The van der Waals surface area contributed by atoms with Crippen LogP contribution in [0.2, 0.25) is 5.02 Å². The summed E-state index contributed by atoms with van der Waals surface area (Å²) in [6.45, 7) is 5.81. The van der Waals surface area contributed by atoms with Crippen molar-refractivity contribution in [3.05, 3.63) is 28.8 Å². The molecule has 1 aromatic rings. The molecule has 0 amide bonds. The van der Waals surface area contributed by atoms with Gasteiger partial charge in [-0.3, -0.25) is 4.79 Å². The van der Waals surface area contributed by atoms with Gasteiger partial charge in [0.2, 0.25) is 0 Å².